The second-order valence-electron chi connectivity index (χ2n) is 7.86. The molecular weight excluding hydrogens is 461 g/mol. The largest absolute Gasteiger partial charge is 0.467 e. The molecule has 0 saturated carbocycles. The molecule has 8 nitrogen and oxygen atoms in total. The lowest BCUT2D eigenvalue weighted by atomic mass is 10.00. The van der Waals surface area contributed by atoms with Gasteiger partial charge in [0.2, 0.25) is 21.8 Å². The van der Waals surface area contributed by atoms with E-state index in [2.05, 4.69) is 10.0 Å². The number of hydrogen-bond donors (Lipinski definition) is 2. The minimum absolute atomic E-state index is 0.00716. The van der Waals surface area contributed by atoms with Gasteiger partial charge >= 0.3 is 0 Å². The standard InChI is InChI=1S/C24H26FN3O5S/c1-17(2)23(24(30)26-15-20-7-6-14-33-20)28(19-12-10-18(25)11-13-19)22(29)16-27-34(31,32)21-8-4-3-5-9-21/h3-14,17,23,27H,15-16H2,1-2H3,(H,26,30). The number of halogens is 1. The summed E-state index contributed by atoms with van der Waals surface area (Å²) in [6.07, 6.45) is 1.48. The second-order valence-corrected chi connectivity index (χ2v) is 9.63. The summed E-state index contributed by atoms with van der Waals surface area (Å²) in [7, 11) is -3.95. The lowest BCUT2D eigenvalue weighted by Crippen LogP contribution is -2.54. The van der Waals surface area contributed by atoms with Crippen LogP contribution in [-0.4, -0.2) is 32.8 Å². The molecule has 1 atom stereocenters. The summed E-state index contributed by atoms with van der Waals surface area (Å²) in [5.74, 6) is -1.46. The molecular formula is C24H26FN3O5S. The van der Waals surface area contributed by atoms with Crippen LogP contribution in [0, 0.1) is 11.7 Å². The van der Waals surface area contributed by atoms with Crippen molar-refractivity contribution in [3.63, 3.8) is 0 Å². The van der Waals surface area contributed by atoms with Gasteiger partial charge in [-0.1, -0.05) is 32.0 Å². The topological polar surface area (TPSA) is 109 Å². The van der Waals surface area contributed by atoms with Crippen LogP contribution in [0.25, 0.3) is 0 Å². The molecule has 2 N–H and O–H groups in total. The van der Waals surface area contributed by atoms with Gasteiger partial charge in [0.25, 0.3) is 0 Å². The molecule has 2 amide bonds. The van der Waals surface area contributed by atoms with E-state index in [0.717, 1.165) is 0 Å². The monoisotopic (exact) mass is 487 g/mol. The van der Waals surface area contributed by atoms with Crippen LogP contribution in [-0.2, 0) is 26.2 Å². The van der Waals surface area contributed by atoms with E-state index in [1.54, 1.807) is 44.2 Å². The predicted octanol–water partition coefficient (Wildman–Crippen LogP) is 3.07. The minimum atomic E-state index is -3.95. The zero-order valence-corrected chi connectivity index (χ0v) is 19.6. The normalized spacial score (nSPS) is 12.4. The lowest BCUT2D eigenvalue weighted by Gasteiger charge is -2.33. The van der Waals surface area contributed by atoms with Crippen LogP contribution in [0.5, 0.6) is 0 Å². The van der Waals surface area contributed by atoms with Gasteiger partial charge in [-0.2, -0.15) is 0 Å². The van der Waals surface area contributed by atoms with Crippen molar-refractivity contribution in [1.82, 2.24) is 10.0 Å². The zero-order chi connectivity index (χ0) is 24.7. The average molecular weight is 488 g/mol. The highest BCUT2D eigenvalue weighted by Gasteiger charge is 2.34. The van der Waals surface area contributed by atoms with Gasteiger partial charge in [-0.3, -0.25) is 14.5 Å². The SMILES string of the molecule is CC(C)C(C(=O)NCc1ccco1)N(C(=O)CNS(=O)(=O)c1ccccc1)c1ccc(F)cc1. The van der Waals surface area contributed by atoms with Crippen molar-refractivity contribution in [2.24, 2.45) is 5.92 Å². The number of benzene rings is 2. The van der Waals surface area contributed by atoms with Gasteiger partial charge in [0.1, 0.15) is 17.6 Å². The van der Waals surface area contributed by atoms with E-state index < -0.39 is 40.2 Å². The third-order valence-electron chi connectivity index (χ3n) is 5.04. The molecule has 0 fully saturated rings. The number of nitrogens with one attached hydrogen (secondary N) is 2. The number of carbonyl (C=O) groups is 2. The average Bonchev–Trinajstić information content (AvgIpc) is 3.34. The maximum Gasteiger partial charge on any atom is 0.243 e. The highest BCUT2D eigenvalue weighted by molar-refractivity contribution is 7.89. The van der Waals surface area contributed by atoms with Crippen LogP contribution >= 0.6 is 0 Å². The van der Waals surface area contributed by atoms with Gasteiger partial charge in [0.15, 0.2) is 0 Å². The Morgan fingerprint density at radius 3 is 2.26 bits per heavy atom. The maximum absolute atomic E-state index is 13.6. The predicted molar refractivity (Wildman–Crippen MR) is 125 cm³/mol. The Morgan fingerprint density at radius 2 is 1.68 bits per heavy atom. The van der Waals surface area contributed by atoms with Gasteiger partial charge in [-0.25, -0.2) is 17.5 Å². The minimum Gasteiger partial charge on any atom is -0.467 e. The van der Waals surface area contributed by atoms with Crippen molar-refractivity contribution >= 4 is 27.5 Å². The van der Waals surface area contributed by atoms with Gasteiger partial charge in [0, 0.05) is 5.69 Å². The number of furan rings is 1. The first-order valence-electron chi connectivity index (χ1n) is 10.6. The van der Waals surface area contributed by atoms with Crippen molar-refractivity contribution in [2.45, 2.75) is 31.3 Å². The van der Waals surface area contributed by atoms with Gasteiger partial charge < -0.3 is 9.73 Å². The molecule has 34 heavy (non-hydrogen) atoms. The Labute approximate surface area is 197 Å². The van der Waals surface area contributed by atoms with Crippen molar-refractivity contribution in [2.75, 3.05) is 11.4 Å². The first kappa shape index (κ1) is 25.1. The number of rotatable bonds is 10. The van der Waals surface area contributed by atoms with Gasteiger partial charge in [-0.05, 0) is 54.4 Å². The molecule has 0 saturated heterocycles. The summed E-state index contributed by atoms with van der Waals surface area (Å²) < 4.78 is 46.3. The van der Waals surface area contributed by atoms with Crippen LogP contribution in [0.4, 0.5) is 10.1 Å². The fourth-order valence-corrected chi connectivity index (χ4v) is 4.39. The molecule has 0 aliphatic heterocycles. The van der Waals surface area contributed by atoms with Crippen LogP contribution in [0.1, 0.15) is 19.6 Å². The summed E-state index contributed by atoms with van der Waals surface area (Å²) in [5.41, 5.74) is 0.261. The highest BCUT2D eigenvalue weighted by Crippen LogP contribution is 2.23. The summed E-state index contributed by atoms with van der Waals surface area (Å²) in [4.78, 5) is 27.6. The molecule has 2 aromatic carbocycles. The quantitative estimate of drug-likeness (QED) is 0.457. The first-order valence-corrected chi connectivity index (χ1v) is 12.1. The van der Waals surface area contributed by atoms with Crippen LogP contribution in [0.15, 0.2) is 82.3 Å². The van der Waals surface area contributed by atoms with E-state index >= 15 is 0 Å². The Morgan fingerprint density at radius 1 is 1.00 bits per heavy atom. The van der Waals surface area contributed by atoms with E-state index in [1.807, 2.05) is 0 Å². The van der Waals surface area contributed by atoms with Gasteiger partial charge in [-0.15, -0.1) is 0 Å². The number of sulfonamides is 1. The number of anilines is 1. The van der Waals surface area contributed by atoms with E-state index in [-0.39, 0.29) is 23.0 Å². The number of nitrogens with zero attached hydrogens (tertiary/aromatic N) is 1. The second kappa shape index (κ2) is 11.1. The molecule has 0 radical (unpaired) electrons. The van der Waals surface area contributed by atoms with E-state index in [0.29, 0.717) is 5.76 Å². The molecule has 1 unspecified atom stereocenters. The van der Waals surface area contributed by atoms with Crippen LogP contribution in [0.3, 0.4) is 0 Å². The zero-order valence-electron chi connectivity index (χ0n) is 18.8. The Kier molecular flexibility index (Phi) is 8.19. The lowest BCUT2D eigenvalue weighted by molar-refractivity contribution is -0.127. The third kappa shape index (κ3) is 6.30. The van der Waals surface area contributed by atoms with Crippen molar-refractivity contribution in [3.05, 3.63) is 84.6 Å². The van der Waals surface area contributed by atoms with E-state index in [4.69, 9.17) is 4.42 Å². The van der Waals surface area contributed by atoms with Crippen LogP contribution < -0.4 is 14.9 Å². The van der Waals surface area contributed by atoms with Gasteiger partial charge in [0.05, 0.1) is 24.2 Å². The molecule has 180 valence electrons. The number of amides is 2. The fourth-order valence-electron chi connectivity index (χ4n) is 3.40. The Bertz CT molecular complexity index is 1200. The molecule has 0 bridgehead atoms. The van der Waals surface area contributed by atoms with Crippen molar-refractivity contribution < 1.29 is 26.8 Å². The van der Waals surface area contributed by atoms with Crippen molar-refractivity contribution in [3.8, 4) is 0 Å². The first-order chi connectivity index (χ1) is 16.2. The summed E-state index contributed by atoms with van der Waals surface area (Å²) in [6.45, 7) is 3.04. The molecule has 0 aliphatic carbocycles. The number of carbonyl (C=O) groups excluding carboxylic acids is 2. The van der Waals surface area contributed by atoms with Crippen molar-refractivity contribution in [1.29, 1.82) is 0 Å². The molecule has 1 heterocycles. The molecule has 1 aromatic heterocycles. The van der Waals surface area contributed by atoms with E-state index in [1.165, 1.54) is 47.6 Å². The number of hydrogen-bond acceptors (Lipinski definition) is 5. The summed E-state index contributed by atoms with van der Waals surface area (Å²) in [5, 5.41) is 2.74. The van der Waals surface area contributed by atoms with Crippen LogP contribution in [0.2, 0.25) is 0 Å². The molecule has 10 heteroatoms. The fraction of sp³-hybridized carbons (Fsp3) is 0.250. The summed E-state index contributed by atoms with van der Waals surface area (Å²) in [6, 6.07) is 15.1. The maximum atomic E-state index is 13.6. The Balaban J connectivity index is 1.86. The molecule has 3 rings (SSSR count). The summed E-state index contributed by atoms with van der Waals surface area (Å²) >= 11 is 0. The molecule has 0 aliphatic rings. The highest BCUT2D eigenvalue weighted by atomic mass is 32.2. The molecule has 3 aromatic rings. The smallest absolute Gasteiger partial charge is 0.243 e. The Hall–Kier alpha value is -3.50. The van der Waals surface area contributed by atoms with E-state index in [9.17, 15) is 22.4 Å². The third-order valence-corrected chi connectivity index (χ3v) is 6.45. The molecule has 0 spiro atoms.